The standard InChI is InChI=1S/C13H17N/c1-9-7-8-12(10(2)14)13-6-4-3-5-11(9)13/h3-4,6-8,10-11H,5,14H2,1-2H3/t10-,11?/m1/s1. The van der Waals surface area contributed by atoms with Gasteiger partial charge in [0, 0.05) is 12.0 Å². The molecule has 0 saturated carbocycles. The minimum absolute atomic E-state index is 0.139. The van der Waals surface area contributed by atoms with Gasteiger partial charge in [-0.3, -0.25) is 0 Å². The van der Waals surface area contributed by atoms with Crippen molar-refractivity contribution in [3.05, 3.63) is 47.1 Å². The maximum absolute atomic E-state index is 5.96. The van der Waals surface area contributed by atoms with Crippen LogP contribution in [0.4, 0.5) is 0 Å². The zero-order chi connectivity index (χ0) is 10.1. The third-order valence-electron chi connectivity index (χ3n) is 3.06. The Morgan fingerprint density at radius 3 is 2.86 bits per heavy atom. The van der Waals surface area contributed by atoms with Crippen molar-refractivity contribution in [1.82, 2.24) is 0 Å². The number of rotatable bonds is 1. The number of nitrogens with two attached hydrogens (primary N) is 1. The van der Waals surface area contributed by atoms with E-state index in [9.17, 15) is 0 Å². The average molecular weight is 187 g/mol. The lowest BCUT2D eigenvalue weighted by Crippen LogP contribution is -2.25. The summed E-state index contributed by atoms with van der Waals surface area (Å²) in [7, 11) is 0. The van der Waals surface area contributed by atoms with Crippen LogP contribution in [0.3, 0.4) is 0 Å². The van der Waals surface area contributed by atoms with Crippen LogP contribution in [0.15, 0.2) is 47.1 Å². The van der Waals surface area contributed by atoms with Crippen LogP contribution in [0, 0.1) is 5.92 Å². The van der Waals surface area contributed by atoms with Gasteiger partial charge in [0.1, 0.15) is 0 Å². The lowest BCUT2D eigenvalue weighted by molar-refractivity contribution is 0.690. The first-order valence-electron chi connectivity index (χ1n) is 5.21. The van der Waals surface area contributed by atoms with Crippen molar-refractivity contribution in [1.29, 1.82) is 0 Å². The van der Waals surface area contributed by atoms with Gasteiger partial charge in [-0.2, -0.15) is 0 Å². The number of allylic oxidation sites excluding steroid dienone is 6. The molecule has 2 atom stereocenters. The van der Waals surface area contributed by atoms with Crippen molar-refractivity contribution in [2.75, 3.05) is 0 Å². The second-order valence-corrected chi connectivity index (χ2v) is 4.16. The van der Waals surface area contributed by atoms with Gasteiger partial charge in [-0.05, 0) is 31.4 Å². The highest BCUT2D eigenvalue weighted by Gasteiger charge is 2.23. The van der Waals surface area contributed by atoms with Crippen LogP contribution in [-0.2, 0) is 0 Å². The SMILES string of the molecule is CC1=CC=C([C@@H](C)N)C2=CC=CCC12. The molecule has 0 saturated heterocycles. The quantitative estimate of drug-likeness (QED) is 0.671. The lowest BCUT2D eigenvalue weighted by atomic mass is 9.77. The van der Waals surface area contributed by atoms with Crippen LogP contribution in [0.25, 0.3) is 0 Å². The zero-order valence-electron chi connectivity index (χ0n) is 8.83. The molecule has 0 aliphatic heterocycles. The molecule has 2 aliphatic carbocycles. The van der Waals surface area contributed by atoms with Gasteiger partial charge in [0.15, 0.2) is 0 Å². The molecule has 0 radical (unpaired) electrons. The van der Waals surface area contributed by atoms with E-state index in [1.807, 2.05) is 0 Å². The van der Waals surface area contributed by atoms with Crippen molar-refractivity contribution in [3.63, 3.8) is 0 Å². The fourth-order valence-electron chi connectivity index (χ4n) is 2.21. The van der Waals surface area contributed by atoms with Crippen molar-refractivity contribution in [2.24, 2.45) is 11.7 Å². The molecule has 74 valence electrons. The predicted molar refractivity (Wildman–Crippen MR) is 60.8 cm³/mol. The molecule has 0 aromatic rings. The second-order valence-electron chi connectivity index (χ2n) is 4.16. The second kappa shape index (κ2) is 3.58. The molecule has 2 aliphatic rings. The Labute approximate surface area is 85.7 Å². The molecule has 2 N–H and O–H groups in total. The molecule has 0 bridgehead atoms. The van der Waals surface area contributed by atoms with E-state index in [-0.39, 0.29) is 6.04 Å². The summed E-state index contributed by atoms with van der Waals surface area (Å²) in [5, 5.41) is 0. The van der Waals surface area contributed by atoms with Crippen molar-refractivity contribution < 1.29 is 0 Å². The van der Waals surface area contributed by atoms with E-state index in [1.165, 1.54) is 16.7 Å². The van der Waals surface area contributed by atoms with Gasteiger partial charge in [0.25, 0.3) is 0 Å². The summed E-state index contributed by atoms with van der Waals surface area (Å²) in [5.41, 5.74) is 10.1. The Hall–Kier alpha value is -1.08. The van der Waals surface area contributed by atoms with E-state index < -0.39 is 0 Å². The molecule has 14 heavy (non-hydrogen) atoms. The highest BCUT2D eigenvalue weighted by Crippen LogP contribution is 2.36. The molecule has 1 unspecified atom stereocenters. The fourth-order valence-corrected chi connectivity index (χ4v) is 2.21. The van der Waals surface area contributed by atoms with Crippen molar-refractivity contribution in [3.8, 4) is 0 Å². The van der Waals surface area contributed by atoms with Crippen LogP contribution >= 0.6 is 0 Å². The summed E-state index contributed by atoms with van der Waals surface area (Å²) in [6.45, 7) is 4.25. The molecule has 0 aromatic carbocycles. The molecule has 0 spiro atoms. The molecule has 0 heterocycles. The third kappa shape index (κ3) is 1.48. The van der Waals surface area contributed by atoms with E-state index in [1.54, 1.807) is 0 Å². The van der Waals surface area contributed by atoms with Gasteiger partial charge in [-0.15, -0.1) is 0 Å². The van der Waals surface area contributed by atoms with Crippen LogP contribution in [0.2, 0.25) is 0 Å². The number of hydrogen-bond acceptors (Lipinski definition) is 1. The summed E-state index contributed by atoms with van der Waals surface area (Å²) in [6.07, 6.45) is 12.1. The number of fused-ring (bicyclic) bond motifs is 1. The summed E-state index contributed by atoms with van der Waals surface area (Å²) >= 11 is 0. The number of hydrogen-bond donors (Lipinski definition) is 1. The zero-order valence-corrected chi connectivity index (χ0v) is 8.83. The van der Waals surface area contributed by atoms with Crippen LogP contribution in [0.5, 0.6) is 0 Å². The summed E-state index contributed by atoms with van der Waals surface area (Å²) < 4.78 is 0. The van der Waals surface area contributed by atoms with Gasteiger partial charge in [-0.25, -0.2) is 0 Å². The first-order valence-corrected chi connectivity index (χ1v) is 5.21. The molecular weight excluding hydrogens is 170 g/mol. The molecule has 0 aromatic heterocycles. The van der Waals surface area contributed by atoms with Gasteiger partial charge in [0.2, 0.25) is 0 Å². The maximum Gasteiger partial charge on any atom is 0.0269 e. The molecule has 2 rings (SSSR count). The lowest BCUT2D eigenvalue weighted by Gasteiger charge is -2.29. The summed E-state index contributed by atoms with van der Waals surface area (Å²) in [5.74, 6) is 0.575. The van der Waals surface area contributed by atoms with Gasteiger partial charge < -0.3 is 5.73 Å². The molecule has 1 heteroatoms. The molecular formula is C13H17N. The summed E-state index contributed by atoms with van der Waals surface area (Å²) in [6, 6.07) is 0.139. The largest absolute Gasteiger partial charge is 0.324 e. The van der Waals surface area contributed by atoms with E-state index in [0.717, 1.165) is 6.42 Å². The molecule has 0 amide bonds. The predicted octanol–water partition coefficient (Wildman–Crippen LogP) is 2.72. The van der Waals surface area contributed by atoms with Crippen molar-refractivity contribution >= 4 is 0 Å². The first-order chi connectivity index (χ1) is 6.70. The van der Waals surface area contributed by atoms with E-state index in [0.29, 0.717) is 5.92 Å². The molecule has 1 nitrogen and oxygen atoms in total. The minimum Gasteiger partial charge on any atom is -0.324 e. The summed E-state index contributed by atoms with van der Waals surface area (Å²) in [4.78, 5) is 0. The van der Waals surface area contributed by atoms with E-state index in [2.05, 4.69) is 44.2 Å². The highest BCUT2D eigenvalue weighted by atomic mass is 14.6. The fraction of sp³-hybridized carbons (Fsp3) is 0.385. The van der Waals surface area contributed by atoms with Gasteiger partial charge in [0.05, 0.1) is 0 Å². The van der Waals surface area contributed by atoms with Crippen LogP contribution in [-0.4, -0.2) is 6.04 Å². The minimum atomic E-state index is 0.139. The van der Waals surface area contributed by atoms with E-state index in [4.69, 9.17) is 5.73 Å². The maximum atomic E-state index is 5.96. The van der Waals surface area contributed by atoms with Crippen molar-refractivity contribution in [2.45, 2.75) is 26.3 Å². The topological polar surface area (TPSA) is 26.0 Å². The van der Waals surface area contributed by atoms with Gasteiger partial charge >= 0.3 is 0 Å². The van der Waals surface area contributed by atoms with Crippen LogP contribution < -0.4 is 5.73 Å². The first kappa shape index (κ1) is 9.47. The Bertz CT molecular complexity index is 353. The Morgan fingerprint density at radius 2 is 2.14 bits per heavy atom. The monoisotopic (exact) mass is 187 g/mol. The van der Waals surface area contributed by atoms with E-state index >= 15 is 0 Å². The smallest absolute Gasteiger partial charge is 0.0269 e. The highest BCUT2D eigenvalue weighted by molar-refractivity contribution is 5.49. The average Bonchev–Trinajstić information content (AvgIpc) is 2.18. The van der Waals surface area contributed by atoms with Gasteiger partial charge in [-0.1, -0.05) is 36.0 Å². The van der Waals surface area contributed by atoms with Crippen LogP contribution in [0.1, 0.15) is 20.3 Å². The Kier molecular flexibility index (Phi) is 2.42. The Morgan fingerprint density at radius 1 is 1.36 bits per heavy atom. The normalized spacial score (nSPS) is 27.4. The molecule has 0 fully saturated rings. The Balaban J connectivity index is 2.42. The third-order valence-corrected chi connectivity index (χ3v) is 3.06.